The number of nitrogens with zero attached hydrogens (tertiary/aromatic N) is 1. The smallest absolute Gasteiger partial charge is 0.126 e. The SMILES string of the molecule is COc1ccc2c(c1)OC[C@H](c1ccccc1)[C@@H]2c1ccc(OCCN2CCCC2)cc1. The Hall–Kier alpha value is -2.98. The highest BCUT2D eigenvalue weighted by atomic mass is 16.5. The van der Waals surface area contributed by atoms with E-state index in [0.717, 1.165) is 30.4 Å². The quantitative estimate of drug-likeness (QED) is 0.498. The van der Waals surface area contributed by atoms with Crippen LogP contribution in [-0.4, -0.2) is 44.9 Å². The monoisotopic (exact) mass is 429 g/mol. The Labute approximate surface area is 190 Å². The van der Waals surface area contributed by atoms with Gasteiger partial charge in [-0.05, 0) is 55.3 Å². The Morgan fingerprint density at radius 2 is 1.62 bits per heavy atom. The molecule has 32 heavy (non-hydrogen) atoms. The summed E-state index contributed by atoms with van der Waals surface area (Å²) in [7, 11) is 1.69. The van der Waals surface area contributed by atoms with E-state index in [1.54, 1.807) is 7.11 Å². The lowest BCUT2D eigenvalue weighted by atomic mass is 9.76. The van der Waals surface area contributed by atoms with Crippen LogP contribution in [-0.2, 0) is 0 Å². The summed E-state index contributed by atoms with van der Waals surface area (Å²) in [6.07, 6.45) is 2.63. The van der Waals surface area contributed by atoms with Crippen molar-refractivity contribution in [2.24, 2.45) is 0 Å². The minimum atomic E-state index is 0.214. The molecule has 0 radical (unpaired) electrons. The molecule has 3 aromatic rings. The fourth-order valence-corrected chi connectivity index (χ4v) is 4.99. The molecule has 0 spiro atoms. The fraction of sp³-hybridized carbons (Fsp3) is 0.357. The number of ether oxygens (including phenoxy) is 3. The van der Waals surface area contributed by atoms with Crippen molar-refractivity contribution in [3.63, 3.8) is 0 Å². The van der Waals surface area contributed by atoms with Gasteiger partial charge in [-0.1, -0.05) is 48.5 Å². The van der Waals surface area contributed by atoms with E-state index in [1.807, 2.05) is 12.1 Å². The van der Waals surface area contributed by atoms with Crippen LogP contribution in [0.1, 0.15) is 41.4 Å². The van der Waals surface area contributed by atoms with Crippen molar-refractivity contribution in [2.75, 3.05) is 40.0 Å². The van der Waals surface area contributed by atoms with Gasteiger partial charge in [0, 0.05) is 30.0 Å². The van der Waals surface area contributed by atoms with Crippen molar-refractivity contribution in [3.8, 4) is 17.2 Å². The Morgan fingerprint density at radius 3 is 2.38 bits per heavy atom. The Morgan fingerprint density at radius 1 is 0.875 bits per heavy atom. The van der Waals surface area contributed by atoms with Crippen molar-refractivity contribution < 1.29 is 14.2 Å². The largest absolute Gasteiger partial charge is 0.497 e. The number of likely N-dealkylation sites (tertiary alicyclic amines) is 1. The topological polar surface area (TPSA) is 30.9 Å². The zero-order valence-electron chi connectivity index (χ0n) is 18.7. The van der Waals surface area contributed by atoms with Gasteiger partial charge in [0.25, 0.3) is 0 Å². The van der Waals surface area contributed by atoms with E-state index in [2.05, 4.69) is 65.6 Å². The van der Waals surface area contributed by atoms with E-state index in [1.165, 1.54) is 42.6 Å². The predicted octanol–water partition coefficient (Wildman–Crippen LogP) is 5.48. The first kappa shape index (κ1) is 20.9. The third-order valence-electron chi connectivity index (χ3n) is 6.72. The van der Waals surface area contributed by atoms with E-state index >= 15 is 0 Å². The molecule has 4 heteroatoms. The Bertz CT molecular complexity index is 1010. The van der Waals surface area contributed by atoms with Crippen LogP contribution < -0.4 is 14.2 Å². The number of fused-ring (bicyclic) bond motifs is 1. The van der Waals surface area contributed by atoms with Gasteiger partial charge in [0.2, 0.25) is 0 Å². The van der Waals surface area contributed by atoms with Gasteiger partial charge in [-0.15, -0.1) is 0 Å². The van der Waals surface area contributed by atoms with E-state index in [-0.39, 0.29) is 11.8 Å². The van der Waals surface area contributed by atoms with Gasteiger partial charge >= 0.3 is 0 Å². The number of hydrogen-bond acceptors (Lipinski definition) is 4. The molecule has 0 saturated carbocycles. The molecule has 0 aromatic heterocycles. The van der Waals surface area contributed by atoms with Gasteiger partial charge in [-0.25, -0.2) is 0 Å². The van der Waals surface area contributed by atoms with Crippen molar-refractivity contribution >= 4 is 0 Å². The molecular weight excluding hydrogens is 398 g/mol. The van der Waals surface area contributed by atoms with Crippen LogP contribution in [0, 0.1) is 0 Å². The van der Waals surface area contributed by atoms with E-state index in [4.69, 9.17) is 14.2 Å². The summed E-state index contributed by atoms with van der Waals surface area (Å²) in [5, 5.41) is 0. The molecule has 166 valence electrons. The van der Waals surface area contributed by atoms with Gasteiger partial charge in [0.05, 0.1) is 13.7 Å². The van der Waals surface area contributed by atoms with Gasteiger partial charge in [-0.2, -0.15) is 0 Å². The molecule has 0 aliphatic carbocycles. The van der Waals surface area contributed by atoms with Gasteiger partial charge in [0.1, 0.15) is 23.9 Å². The number of benzene rings is 3. The molecule has 0 bridgehead atoms. The summed E-state index contributed by atoms with van der Waals surface area (Å²) >= 11 is 0. The van der Waals surface area contributed by atoms with E-state index < -0.39 is 0 Å². The summed E-state index contributed by atoms with van der Waals surface area (Å²) in [5.74, 6) is 3.13. The van der Waals surface area contributed by atoms with Crippen LogP contribution in [0.4, 0.5) is 0 Å². The van der Waals surface area contributed by atoms with Crippen molar-refractivity contribution in [1.29, 1.82) is 0 Å². The second kappa shape index (κ2) is 9.66. The van der Waals surface area contributed by atoms with Crippen LogP contribution in [0.15, 0.2) is 72.8 Å². The average Bonchev–Trinajstić information content (AvgIpc) is 3.37. The first-order valence-corrected chi connectivity index (χ1v) is 11.6. The molecule has 2 heterocycles. The lowest BCUT2D eigenvalue weighted by Gasteiger charge is -2.34. The molecule has 3 aromatic carbocycles. The van der Waals surface area contributed by atoms with Crippen LogP contribution in [0.25, 0.3) is 0 Å². The number of rotatable bonds is 7. The first-order valence-electron chi connectivity index (χ1n) is 11.6. The molecule has 0 amide bonds. The zero-order valence-corrected chi connectivity index (χ0v) is 18.7. The Kier molecular flexibility index (Phi) is 6.31. The summed E-state index contributed by atoms with van der Waals surface area (Å²) in [5.41, 5.74) is 3.78. The summed E-state index contributed by atoms with van der Waals surface area (Å²) in [6.45, 7) is 4.80. The average molecular weight is 430 g/mol. The molecule has 0 unspecified atom stereocenters. The third kappa shape index (κ3) is 4.46. The standard InChI is InChI=1S/C28H31NO3/c1-30-24-13-14-25-27(19-24)32-20-26(21-7-3-2-4-8-21)28(25)22-9-11-23(12-10-22)31-18-17-29-15-5-6-16-29/h2-4,7-14,19,26,28H,5-6,15-18,20H2,1H3/t26-,28-/m1/s1. The number of methoxy groups -OCH3 is 1. The molecular formula is C28H31NO3. The molecule has 2 aliphatic heterocycles. The van der Waals surface area contributed by atoms with Crippen molar-refractivity contribution in [1.82, 2.24) is 4.90 Å². The molecule has 1 saturated heterocycles. The lowest BCUT2D eigenvalue weighted by molar-refractivity contribution is 0.237. The molecule has 1 fully saturated rings. The fourth-order valence-electron chi connectivity index (χ4n) is 4.99. The molecule has 0 N–H and O–H groups in total. The zero-order chi connectivity index (χ0) is 21.8. The van der Waals surface area contributed by atoms with Crippen LogP contribution >= 0.6 is 0 Å². The maximum Gasteiger partial charge on any atom is 0.126 e. The van der Waals surface area contributed by atoms with Crippen molar-refractivity contribution in [3.05, 3.63) is 89.5 Å². The van der Waals surface area contributed by atoms with Crippen molar-refractivity contribution in [2.45, 2.75) is 24.7 Å². The minimum absolute atomic E-state index is 0.214. The van der Waals surface area contributed by atoms with Crippen LogP contribution in [0.5, 0.6) is 17.2 Å². The predicted molar refractivity (Wildman–Crippen MR) is 127 cm³/mol. The van der Waals surface area contributed by atoms with Gasteiger partial charge in [-0.3, -0.25) is 4.90 Å². The highest BCUT2D eigenvalue weighted by molar-refractivity contribution is 5.51. The second-order valence-electron chi connectivity index (χ2n) is 8.68. The van der Waals surface area contributed by atoms with Gasteiger partial charge < -0.3 is 14.2 Å². The van der Waals surface area contributed by atoms with E-state index in [9.17, 15) is 0 Å². The number of hydrogen-bond donors (Lipinski definition) is 0. The van der Waals surface area contributed by atoms with Crippen LogP contribution in [0.2, 0.25) is 0 Å². The summed E-state index contributed by atoms with van der Waals surface area (Å²) < 4.78 is 17.7. The second-order valence-corrected chi connectivity index (χ2v) is 8.68. The maximum absolute atomic E-state index is 6.20. The first-order chi connectivity index (χ1) is 15.8. The highest BCUT2D eigenvalue weighted by Gasteiger charge is 2.33. The van der Waals surface area contributed by atoms with Crippen LogP contribution in [0.3, 0.4) is 0 Å². The molecule has 2 aliphatic rings. The molecule has 4 nitrogen and oxygen atoms in total. The minimum Gasteiger partial charge on any atom is -0.497 e. The maximum atomic E-state index is 6.20. The van der Waals surface area contributed by atoms with E-state index in [0.29, 0.717) is 6.61 Å². The normalized spacial score (nSPS) is 20.4. The van der Waals surface area contributed by atoms with Gasteiger partial charge in [0.15, 0.2) is 0 Å². The third-order valence-corrected chi connectivity index (χ3v) is 6.72. The summed E-state index contributed by atoms with van der Waals surface area (Å²) in [6, 6.07) is 25.5. The highest BCUT2D eigenvalue weighted by Crippen LogP contribution is 2.47. The lowest BCUT2D eigenvalue weighted by Crippen LogP contribution is -2.25. The molecule has 2 atom stereocenters. The molecule has 5 rings (SSSR count). The Balaban J connectivity index is 1.39. The summed E-state index contributed by atoms with van der Waals surface area (Å²) in [4.78, 5) is 2.48.